The number of halogens is 3. The van der Waals surface area contributed by atoms with E-state index < -0.39 is 28.5 Å². The molecule has 2 aromatic rings. The summed E-state index contributed by atoms with van der Waals surface area (Å²) in [6, 6.07) is 11.8. The van der Waals surface area contributed by atoms with Gasteiger partial charge in [-0.05, 0) is 62.6 Å². The summed E-state index contributed by atoms with van der Waals surface area (Å²) in [4.78, 5) is 26.9. The van der Waals surface area contributed by atoms with Crippen LogP contribution in [0.1, 0.15) is 43.9 Å². The highest BCUT2D eigenvalue weighted by Crippen LogP contribution is 2.48. The molecule has 1 aliphatic heterocycles. The van der Waals surface area contributed by atoms with Gasteiger partial charge in [0.25, 0.3) is 0 Å². The van der Waals surface area contributed by atoms with Crippen LogP contribution in [-0.4, -0.2) is 18.9 Å². The number of esters is 1. The molecule has 4 nitrogen and oxygen atoms in total. The van der Waals surface area contributed by atoms with Gasteiger partial charge < -0.3 is 9.64 Å². The molecule has 0 N–H and O–H groups in total. The number of fused-ring (bicyclic) bond motifs is 1. The summed E-state index contributed by atoms with van der Waals surface area (Å²) >= 11 is 0. The maximum Gasteiger partial charge on any atom is 0.416 e. The minimum absolute atomic E-state index is 0.121. The fourth-order valence-corrected chi connectivity index (χ4v) is 3.69. The molecule has 3 rings (SSSR count). The quantitative estimate of drug-likeness (QED) is 0.477. The van der Waals surface area contributed by atoms with E-state index in [1.54, 1.807) is 58.2 Å². The van der Waals surface area contributed by atoms with Gasteiger partial charge in [-0.25, -0.2) is 0 Å². The summed E-state index contributed by atoms with van der Waals surface area (Å²) in [5.74, 6) is -0.692. The number of amides is 1. The van der Waals surface area contributed by atoms with Crippen LogP contribution in [0.4, 0.5) is 18.9 Å². The summed E-state index contributed by atoms with van der Waals surface area (Å²) in [5.41, 5.74) is -0.880. The molecule has 0 fully saturated rings. The van der Waals surface area contributed by atoms with Crippen molar-refractivity contribution in [1.82, 2.24) is 0 Å². The van der Waals surface area contributed by atoms with Gasteiger partial charge >= 0.3 is 12.1 Å². The van der Waals surface area contributed by atoms with E-state index in [-0.39, 0.29) is 12.3 Å². The lowest BCUT2D eigenvalue weighted by Crippen LogP contribution is -2.39. The van der Waals surface area contributed by atoms with Crippen LogP contribution in [0.25, 0.3) is 0 Å². The average Bonchev–Trinajstić information content (AvgIpc) is 2.92. The van der Waals surface area contributed by atoms with Gasteiger partial charge in [0, 0.05) is 12.7 Å². The third kappa shape index (κ3) is 4.09. The van der Waals surface area contributed by atoms with Crippen LogP contribution in [0.5, 0.6) is 0 Å². The van der Waals surface area contributed by atoms with Crippen molar-refractivity contribution in [2.45, 2.75) is 38.8 Å². The number of allylic oxidation sites excluding steroid dienone is 1. The van der Waals surface area contributed by atoms with Gasteiger partial charge in [0.15, 0.2) is 0 Å². The van der Waals surface area contributed by atoms with Gasteiger partial charge in [-0.2, -0.15) is 13.2 Å². The zero-order valence-electron chi connectivity index (χ0n) is 17.8. The third-order valence-electron chi connectivity index (χ3n) is 5.41. The molecule has 1 unspecified atom stereocenters. The van der Waals surface area contributed by atoms with Crippen LogP contribution < -0.4 is 4.90 Å². The molecule has 1 amide bonds. The van der Waals surface area contributed by atoms with E-state index in [1.807, 2.05) is 0 Å². The minimum atomic E-state index is -4.47. The molecule has 31 heavy (non-hydrogen) atoms. The van der Waals surface area contributed by atoms with Crippen molar-refractivity contribution in [3.8, 4) is 0 Å². The van der Waals surface area contributed by atoms with Crippen LogP contribution in [0, 0.1) is 5.41 Å². The lowest BCUT2D eigenvalue weighted by molar-refractivity contribution is -0.147. The molecule has 0 aliphatic carbocycles. The number of hydrogen-bond donors (Lipinski definition) is 0. The molecule has 0 saturated heterocycles. The first kappa shape index (κ1) is 22.6. The third-order valence-corrected chi connectivity index (χ3v) is 5.41. The molecule has 1 aliphatic rings. The minimum Gasteiger partial charge on any atom is -0.434 e. The molecular weight excluding hydrogens is 407 g/mol. The molecule has 1 heterocycles. The van der Waals surface area contributed by atoms with Crippen molar-refractivity contribution in [1.29, 1.82) is 0 Å². The van der Waals surface area contributed by atoms with Crippen LogP contribution in [0.3, 0.4) is 0 Å². The summed E-state index contributed by atoms with van der Waals surface area (Å²) in [5, 5.41) is 0. The maximum absolute atomic E-state index is 13.4. The number of alkyl halides is 3. The highest BCUT2D eigenvalue weighted by molar-refractivity contribution is 6.10. The second kappa shape index (κ2) is 7.87. The number of anilines is 1. The van der Waals surface area contributed by atoms with Crippen LogP contribution in [0.15, 0.2) is 60.9 Å². The number of ether oxygens (including phenoxy) is 1. The van der Waals surface area contributed by atoms with Crippen LogP contribution >= 0.6 is 0 Å². The molecule has 0 bridgehead atoms. The Balaban J connectivity index is 2.04. The summed E-state index contributed by atoms with van der Waals surface area (Å²) in [6.07, 6.45) is -1.54. The lowest BCUT2D eigenvalue weighted by atomic mass is 9.72. The Bertz CT molecular complexity index is 1020. The number of carbonyl (C=O) groups is 2. The first-order chi connectivity index (χ1) is 14.4. The van der Waals surface area contributed by atoms with E-state index in [0.29, 0.717) is 16.8 Å². The number of rotatable bonds is 4. The van der Waals surface area contributed by atoms with E-state index in [2.05, 4.69) is 0 Å². The zero-order chi connectivity index (χ0) is 23.0. The number of carbonyl (C=O) groups excluding carboxylic acids is 2. The monoisotopic (exact) mass is 431 g/mol. The van der Waals surface area contributed by atoms with E-state index >= 15 is 0 Å². The Hall–Kier alpha value is -3.09. The molecule has 1 atom stereocenters. The molecule has 2 aromatic carbocycles. The Morgan fingerprint density at radius 2 is 1.68 bits per heavy atom. The highest BCUT2D eigenvalue weighted by atomic mass is 19.4. The Labute approximate surface area is 179 Å². The van der Waals surface area contributed by atoms with Crippen molar-refractivity contribution in [2.24, 2.45) is 5.41 Å². The van der Waals surface area contributed by atoms with Crippen molar-refractivity contribution in [2.75, 3.05) is 11.9 Å². The van der Waals surface area contributed by atoms with Gasteiger partial charge in [0.1, 0.15) is 5.41 Å². The Morgan fingerprint density at radius 3 is 2.26 bits per heavy atom. The van der Waals surface area contributed by atoms with Gasteiger partial charge in [-0.3, -0.25) is 9.59 Å². The average molecular weight is 431 g/mol. The Morgan fingerprint density at radius 1 is 1.06 bits per heavy atom. The van der Waals surface area contributed by atoms with Gasteiger partial charge in [0.05, 0.1) is 17.2 Å². The smallest absolute Gasteiger partial charge is 0.416 e. The van der Waals surface area contributed by atoms with Crippen molar-refractivity contribution in [3.63, 3.8) is 0 Å². The second-order valence-corrected chi connectivity index (χ2v) is 8.59. The second-order valence-electron chi connectivity index (χ2n) is 8.59. The van der Waals surface area contributed by atoms with Gasteiger partial charge in [-0.15, -0.1) is 0 Å². The Kier molecular flexibility index (Phi) is 5.74. The zero-order valence-corrected chi connectivity index (χ0v) is 17.8. The molecule has 0 spiro atoms. The number of para-hydroxylation sites is 1. The standard InChI is InChI=1S/C24H24F3NO3/c1-22(2,3)21(30)31-15-7-14-23(16-10-12-17(13-11-16)24(25,26)27)18-8-5-6-9-19(18)28(4)20(23)29/h5-13,15H,14H2,1-4H3/b15-7+. The summed E-state index contributed by atoms with van der Waals surface area (Å²) < 4.78 is 44.3. The van der Waals surface area contributed by atoms with E-state index in [1.165, 1.54) is 23.3 Å². The molecule has 0 radical (unpaired) electrons. The summed E-state index contributed by atoms with van der Waals surface area (Å²) in [7, 11) is 1.64. The predicted molar refractivity (Wildman–Crippen MR) is 111 cm³/mol. The van der Waals surface area contributed by atoms with Crippen molar-refractivity contribution >= 4 is 17.6 Å². The number of hydrogen-bond acceptors (Lipinski definition) is 3. The number of benzene rings is 2. The highest BCUT2D eigenvalue weighted by Gasteiger charge is 2.50. The van der Waals surface area contributed by atoms with Crippen molar-refractivity contribution < 1.29 is 27.5 Å². The molecule has 164 valence electrons. The lowest BCUT2D eigenvalue weighted by Gasteiger charge is -2.28. The van der Waals surface area contributed by atoms with Crippen LogP contribution in [-0.2, 0) is 25.9 Å². The first-order valence-electron chi connectivity index (χ1n) is 9.80. The number of likely N-dealkylation sites (N-methyl/N-ethyl adjacent to an activating group) is 1. The fourth-order valence-electron chi connectivity index (χ4n) is 3.69. The van der Waals surface area contributed by atoms with Crippen molar-refractivity contribution in [3.05, 3.63) is 77.6 Å². The largest absolute Gasteiger partial charge is 0.434 e. The summed E-state index contributed by atoms with van der Waals surface area (Å²) in [6.45, 7) is 5.16. The normalized spacial score (nSPS) is 19.1. The molecule has 7 heteroatoms. The topological polar surface area (TPSA) is 46.6 Å². The van der Waals surface area contributed by atoms with Gasteiger partial charge in [0.2, 0.25) is 5.91 Å². The van der Waals surface area contributed by atoms with E-state index in [0.717, 1.165) is 12.1 Å². The maximum atomic E-state index is 13.4. The van der Waals surface area contributed by atoms with Gasteiger partial charge in [-0.1, -0.05) is 30.3 Å². The molecule has 0 aromatic heterocycles. The predicted octanol–water partition coefficient (Wildman–Crippen LogP) is 5.46. The molecular formula is C24H24F3NO3. The SMILES string of the molecule is CN1C(=O)C(C/C=C/OC(=O)C(C)(C)C)(c2ccc(C(F)(F)F)cc2)c2ccccc21. The number of nitrogens with zero attached hydrogens (tertiary/aromatic N) is 1. The van der Waals surface area contributed by atoms with E-state index in [9.17, 15) is 22.8 Å². The van der Waals surface area contributed by atoms with E-state index in [4.69, 9.17) is 4.74 Å². The fraction of sp³-hybridized carbons (Fsp3) is 0.333. The first-order valence-corrected chi connectivity index (χ1v) is 9.80. The van der Waals surface area contributed by atoms with Crippen LogP contribution in [0.2, 0.25) is 0 Å². The molecule has 0 saturated carbocycles.